The minimum Gasteiger partial charge on any atom is -0.385 e. The Labute approximate surface area is 113 Å². The Morgan fingerprint density at radius 1 is 1.21 bits per heavy atom. The van der Waals surface area contributed by atoms with Crippen LogP contribution >= 0.6 is 0 Å². The lowest BCUT2D eigenvalue weighted by atomic mass is 9.74. The van der Waals surface area contributed by atoms with Gasteiger partial charge in [-0.1, -0.05) is 30.3 Å². The molecule has 1 aliphatic rings. The monoisotopic (exact) mass is 256 g/mol. The molecular weight excluding hydrogens is 236 g/mol. The first-order valence-corrected chi connectivity index (χ1v) is 6.94. The Morgan fingerprint density at radius 2 is 1.89 bits per heavy atom. The third-order valence-electron chi connectivity index (χ3n) is 4.33. The first-order chi connectivity index (χ1) is 9.17. The molecule has 1 aliphatic carbocycles. The number of nitrogens with zero attached hydrogens (tertiary/aromatic N) is 2. The summed E-state index contributed by atoms with van der Waals surface area (Å²) in [5, 5.41) is 14.9. The lowest BCUT2D eigenvalue weighted by Gasteiger charge is -2.35. The summed E-state index contributed by atoms with van der Waals surface area (Å²) in [5.41, 5.74) is 1.68. The van der Waals surface area contributed by atoms with E-state index in [1.807, 2.05) is 13.2 Å². The van der Waals surface area contributed by atoms with Crippen molar-refractivity contribution in [3.05, 3.63) is 53.9 Å². The van der Waals surface area contributed by atoms with Gasteiger partial charge in [-0.2, -0.15) is 5.10 Å². The predicted molar refractivity (Wildman–Crippen MR) is 74.8 cm³/mol. The van der Waals surface area contributed by atoms with Crippen molar-refractivity contribution < 1.29 is 5.11 Å². The fourth-order valence-corrected chi connectivity index (χ4v) is 3.10. The molecule has 2 aromatic rings. The van der Waals surface area contributed by atoms with E-state index in [1.165, 1.54) is 5.56 Å². The molecule has 0 amide bonds. The van der Waals surface area contributed by atoms with Gasteiger partial charge in [0.15, 0.2) is 0 Å². The molecule has 0 bridgehead atoms. The molecule has 0 spiro atoms. The maximum atomic E-state index is 10.8. The average molecular weight is 256 g/mol. The number of aryl methyl sites for hydroxylation is 1. The third kappa shape index (κ3) is 2.43. The van der Waals surface area contributed by atoms with E-state index >= 15 is 0 Å². The van der Waals surface area contributed by atoms with Gasteiger partial charge in [-0.3, -0.25) is 4.68 Å². The minimum atomic E-state index is -0.681. The molecule has 100 valence electrons. The lowest BCUT2D eigenvalue weighted by molar-refractivity contribution is -0.00572. The molecule has 0 unspecified atom stereocenters. The zero-order valence-corrected chi connectivity index (χ0v) is 11.3. The number of hydrogen-bond acceptors (Lipinski definition) is 2. The Bertz CT molecular complexity index is 539. The van der Waals surface area contributed by atoms with Crippen molar-refractivity contribution in [2.24, 2.45) is 7.05 Å². The van der Waals surface area contributed by atoms with Crippen LogP contribution in [0.15, 0.2) is 42.7 Å². The van der Waals surface area contributed by atoms with Crippen LogP contribution in [0.3, 0.4) is 0 Å². The highest BCUT2D eigenvalue weighted by Crippen LogP contribution is 2.42. The molecule has 3 nitrogen and oxygen atoms in total. The summed E-state index contributed by atoms with van der Waals surface area (Å²) < 4.78 is 1.76. The Hall–Kier alpha value is -1.61. The molecule has 1 saturated carbocycles. The maximum Gasteiger partial charge on any atom is 0.0927 e. The van der Waals surface area contributed by atoms with Gasteiger partial charge in [-0.05, 0) is 37.2 Å². The molecule has 0 radical (unpaired) electrons. The van der Waals surface area contributed by atoms with Crippen molar-refractivity contribution in [2.75, 3.05) is 0 Å². The molecule has 3 rings (SSSR count). The van der Waals surface area contributed by atoms with E-state index in [0.29, 0.717) is 5.92 Å². The van der Waals surface area contributed by atoms with E-state index in [4.69, 9.17) is 0 Å². The van der Waals surface area contributed by atoms with Gasteiger partial charge in [-0.15, -0.1) is 0 Å². The van der Waals surface area contributed by atoms with Crippen molar-refractivity contribution in [1.29, 1.82) is 0 Å². The SMILES string of the molecule is Cn1cc(C2(O)CCC(c3ccccc3)CC2)cn1. The van der Waals surface area contributed by atoms with Crippen molar-refractivity contribution in [3.8, 4) is 0 Å². The lowest BCUT2D eigenvalue weighted by Crippen LogP contribution is -2.30. The normalized spacial score (nSPS) is 27.4. The highest BCUT2D eigenvalue weighted by Gasteiger charge is 2.35. The molecule has 1 fully saturated rings. The molecule has 1 N–H and O–H groups in total. The summed E-state index contributed by atoms with van der Waals surface area (Å²) in [6.07, 6.45) is 7.44. The topological polar surface area (TPSA) is 38.0 Å². The quantitative estimate of drug-likeness (QED) is 0.897. The molecular formula is C16H20N2O. The highest BCUT2D eigenvalue weighted by atomic mass is 16.3. The summed E-state index contributed by atoms with van der Waals surface area (Å²) in [4.78, 5) is 0. The third-order valence-corrected chi connectivity index (χ3v) is 4.33. The molecule has 1 aromatic heterocycles. The van der Waals surface area contributed by atoms with Crippen LogP contribution in [0.2, 0.25) is 0 Å². The van der Waals surface area contributed by atoms with Gasteiger partial charge >= 0.3 is 0 Å². The van der Waals surface area contributed by atoms with Crippen LogP contribution in [-0.2, 0) is 12.6 Å². The van der Waals surface area contributed by atoms with Gasteiger partial charge in [0.05, 0.1) is 11.8 Å². The molecule has 3 heteroatoms. The van der Waals surface area contributed by atoms with Crippen LogP contribution in [0.5, 0.6) is 0 Å². The van der Waals surface area contributed by atoms with E-state index in [-0.39, 0.29) is 0 Å². The number of hydrogen-bond donors (Lipinski definition) is 1. The fraction of sp³-hybridized carbons (Fsp3) is 0.438. The van der Waals surface area contributed by atoms with Crippen LogP contribution in [0, 0.1) is 0 Å². The zero-order chi connectivity index (χ0) is 13.3. The van der Waals surface area contributed by atoms with Gasteiger partial charge in [0, 0.05) is 18.8 Å². The first kappa shape index (κ1) is 12.4. The Kier molecular flexibility index (Phi) is 3.15. The number of aliphatic hydroxyl groups is 1. The van der Waals surface area contributed by atoms with Crippen LogP contribution in [0.4, 0.5) is 0 Å². The van der Waals surface area contributed by atoms with Crippen LogP contribution in [-0.4, -0.2) is 14.9 Å². The largest absolute Gasteiger partial charge is 0.385 e. The molecule has 1 heterocycles. The average Bonchev–Trinajstić information content (AvgIpc) is 2.88. The van der Waals surface area contributed by atoms with Crippen molar-refractivity contribution in [3.63, 3.8) is 0 Å². The van der Waals surface area contributed by atoms with Gasteiger partial charge < -0.3 is 5.11 Å². The molecule has 0 saturated heterocycles. The fourth-order valence-electron chi connectivity index (χ4n) is 3.10. The first-order valence-electron chi connectivity index (χ1n) is 6.94. The van der Waals surface area contributed by atoms with Gasteiger partial charge in [0.1, 0.15) is 0 Å². The summed E-state index contributed by atoms with van der Waals surface area (Å²) in [7, 11) is 1.89. The van der Waals surface area contributed by atoms with E-state index in [0.717, 1.165) is 31.2 Å². The summed E-state index contributed by atoms with van der Waals surface area (Å²) in [6.45, 7) is 0. The van der Waals surface area contributed by atoms with Crippen LogP contribution in [0.25, 0.3) is 0 Å². The van der Waals surface area contributed by atoms with Gasteiger partial charge in [0.25, 0.3) is 0 Å². The predicted octanol–water partition coefficient (Wildman–Crippen LogP) is 2.97. The maximum absolute atomic E-state index is 10.8. The van der Waals surface area contributed by atoms with E-state index in [1.54, 1.807) is 10.9 Å². The number of aromatic nitrogens is 2. The Balaban J connectivity index is 1.72. The second kappa shape index (κ2) is 4.82. The van der Waals surface area contributed by atoms with Gasteiger partial charge in [0.2, 0.25) is 0 Å². The number of benzene rings is 1. The highest BCUT2D eigenvalue weighted by molar-refractivity contribution is 5.23. The van der Waals surface area contributed by atoms with E-state index in [2.05, 4.69) is 35.4 Å². The van der Waals surface area contributed by atoms with Gasteiger partial charge in [-0.25, -0.2) is 0 Å². The summed E-state index contributed by atoms with van der Waals surface area (Å²) in [5.74, 6) is 0.582. The van der Waals surface area contributed by atoms with Crippen molar-refractivity contribution in [2.45, 2.75) is 37.2 Å². The van der Waals surface area contributed by atoms with E-state index in [9.17, 15) is 5.11 Å². The molecule has 0 aliphatic heterocycles. The summed E-state index contributed by atoms with van der Waals surface area (Å²) in [6, 6.07) is 10.6. The minimum absolute atomic E-state index is 0.582. The second-order valence-corrected chi connectivity index (χ2v) is 5.62. The molecule has 1 aromatic carbocycles. The smallest absolute Gasteiger partial charge is 0.0927 e. The van der Waals surface area contributed by atoms with Crippen LogP contribution < -0.4 is 0 Å². The van der Waals surface area contributed by atoms with Crippen molar-refractivity contribution in [1.82, 2.24) is 9.78 Å². The Morgan fingerprint density at radius 3 is 2.47 bits per heavy atom. The zero-order valence-electron chi connectivity index (χ0n) is 11.3. The standard InChI is InChI=1S/C16H20N2O/c1-18-12-15(11-17-18)16(19)9-7-14(8-10-16)13-5-3-2-4-6-13/h2-6,11-12,14,19H,7-10H2,1H3. The molecule has 0 atom stereocenters. The van der Waals surface area contributed by atoms with Crippen molar-refractivity contribution >= 4 is 0 Å². The number of rotatable bonds is 2. The molecule has 19 heavy (non-hydrogen) atoms. The van der Waals surface area contributed by atoms with Crippen LogP contribution in [0.1, 0.15) is 42.7 Å². The second-order valence-electron chi connectivity index (χ2n) is 5.62. The summed E-state index contributed by atoms with van der Waals surface area (Å²) >= 11 is 0. The van der Waals surface area contributed by atoms with E-state index < -0.39 is 5.60 Å².